The van der Waals surface area contributed by atoms with Crippen molar-refractivity contribution in [2.24, 2.45) is 0 Å². The summed E-state index contributed by atoms with van der Waals surface area (Å²) in [5.41, 5.74) is 3.39. The predicted molar refractivity (Wildman–Crippen MR) is 149 cm³/mol. The molecule has 0 spiro atoms. The number of benzene rings is 3. The van der Waals surface area contributed by atoms with Gasteiger partial charge in [-0.3, -0.25) is 14.4 Å². The molecule has 0 saturated carbocycles. The quantitative estimate of drug-likeness (QED) is 0.230. The summed E-state index contributed by atoms with van der Waals surface area (Å²) in [5, 5.41) is 20.4. The fourth-order valence-corrected chi connectivity index (χ4v) is 4.22. The Morgan fingerprint density at radius 1 is 0.795 bits per heavy atom. The molecule has 0 heterocycles. The molecule has 0 fully saturated rings. The summed E-state index contributed by atoms with van der Waals surface area (Å²) in [4.78, 5) is 48.1. The first kappa shape index (κ1) is 29.2. The molecule has 0 aromatic heterocycles. The van der Waals surface area contributed by atoms with E-state index in [9.17, 15) is 24.3 Å². The third kappa shape index (κ3) is 9.46. The van der Waals surface area contributed by atoms with E-state index in [0.29, 0.717) is 10.6 Å². The second-order valence-electron chi connectivity index (χ2n) is 8.88. The zero-order valence-corrected chi connectivity index (χ0v) is 22.2. The molecule has 4 amide bonds. The Morgan fingerprint density at radius 2 is 1.44 bits per heavy atom. The normalized spacial score (nSPS) is 12.1. The number of amides is 4. The van der Waals surface area contributed by atoms with E-state index in [2.05, 4.69) is 21.3 Å². The summed E-state index contributed by atoms with van der Waals surface area (Å²) in [6.45, 7) is 1.53. The summed E-state index contributed by atoms with van der Waals surface area (Å²) >= 11 is 6.14. The Morgan fingerprint density at radius 3 is 2.10 bits per heavy atom. The number of carbonyl (C=O) groups excluding carboxylic acids is 3. The zero-order chi connectivity index (χ0) is 28.2. The van der Waals surface area contributed by atoms with Gasteiger partial charge in [0.05, 0.1) is 25.0 Å². The maximum absolute atomic E-state index is 12.5. The lowest BCUT2D eigenvalue weighted by Gasteiger charge is -2.18. The summed E-state index contributed by atoms with van der Waals surface area (Å²) in [7, 11) is 0. The summed E-state index contributed by atoms with van der Waals surface area (Å²) in [5.74, 6) is -2.03. The summed E-state index contributed by atoms with van der Waals surface area (Å²) in [6, 6.07) is 22.6. The van der Waals surface area contributed by atoms with Crippen LogP contribution in [-0.2, 0) is 14.4 Å². The minimum absolute atomic E-state index is 0.0410. The van der Waals surface area contributed by atoms with Gasteiger partial charge in [-0.25, -0.2) is 4.79 Å². The number of halogens is 1. The Balaban J connectivity index is 1.43. The van der Waals surface area contributed by atoms with Crippen LogP contribution in [0.3, 0.4) is 0 Å². The van der Waals surface area contributed by atoms with E-state index < -0.39 is 29.9 Å². The van der Waals surface area contributed by atoms with Gasteiger partial charge in [0.2, 0.25) is 11.8 Å². The first-order valence-electron chi connectivity index (χ1n) is 12.4. The van der Waals surface area contributed by atoms with Crippen LogP contribution in [0.4, 0.5) is 4.79 Å². The van der Waals surface area contributed by atoms with Crippen LogP contribution in [0.1, 0.15) is 43.0 Å². The largest absolute Gasteiger partial charge is 0.481 e. The van der Waals surface area contributed by atoms with Crippen molar-refractivity contribution in [3.8, 4) is 11.1 Å². The number of hydrogen-bond acceptors (Lipinski definition) is 4. The van der Waals surface area contributed by atoms with Gasteiger partial charge in [-0.05, 0) is 35.2 Å². The molecule has 0 bridgehead atoms. The third-order valence-electron chi connectivity index (χ3n) is 5.94. The van der Waals surface area contributed by atoms with Crippen LogP contribution < -0.4 is 21.3 Å². The molecule has 3 rings (SSSR count). The minimum atomic E-state index is -1.07. The molecule has 39 heavy (non-hydrogen) atoms. The van der Waals surface area contributed by atoms with E-state index >= 15 is 0 Å². The maximum atomic E-state index is 12.5. The summed E-state index contributed by atoms with van der Waals surface area (Å²) in [6.07, 6.45) is -0.351. The number of hydrogen-bond donors (Lipinski definition) is 5. The SMILES string of the molecule is CC(NC(=O)NCCC(=O)NCC(=O)NC(CC(=O)O)c1ccc(-c2ccccc2)cc1)c1ccccc1Cl. The number of carboxylic acids is 1. The van der Waals surface area contributed by atoms with Gasteiger partial charge in [0.25, 0.3) is 0 Å². The maximum Gasteiger partial charge on any atom is 0.315 e. The van der Waals surface area contributed by atoms with Crippen LogP contribution in [0, 0.1) is 0 Å². The van der Waals surface area contributed by atoms with Crippen molar-refractivity contribution in [2.75, 3.05) is 13.1 Å². The average Bonchev–Trinajstić information content (AvgIpc) is 2.92. The van der Waals surface area contributed by atoms with E-state index in [4.69, 9.17) is 11.6 Å². The number of carbonyl (C=O) groups is 4. The molecule has 2 atom stereocenters. The Bertz CT molecular complexity index is 1280. The van der Waals surface area contributed by atoms with Crippen molar-refractivity contribution in [1.29, 1.82) is 0 Å². The highest BCUT2D eigenvalue weighted by Gasteiger charge is 2.19. The first-order valence-corrected chi connectivity index (χ1v) is 12.8. The highest BCUT2D eigenvalue weighted by molar-refractivity contribution is 6.31. The lowest BCUT2D eigenvalue weighted by molar-refractivity contribution is -0.138. The Kier molecular flexibility index (Phi) is 10.9. The van der Waals surface area contributed by atoms with Gasteiger partial charge in [0, 0.05) is 18.0 Å². The number of urea groups is 1. The molecule has 0 radical (unpaired) electrons. The first-order chi connectivity index (χ1) is 18.7. The van der Waals surface area contributed by atoms with Crippen LogP contribution in [-0.4, -0.2) is 42.0 Å². The topological polar surface area (TPSA) is 137 Å². The van der Waals surface area contributed by atoms with Gasteiger partial charge in [-0.1, -0.05) is 84.4 Å². The van der Waals surface area contributed by atoms with Crippen LogP contribution in [0.5, 0.6) is 0 Å². The van der Waals surface area contributed by atoms with E-state index in [1.54, 1.807) is 31.2 Å². The number of carboxylic acid groups (broad SMARTS) is 1. The van der Waals surface area contributed by atoms with Crippen molar-refractivity contribution in [3.05, 3.63) is 95.0 Å². The molecule has 0 aliphatic heterocycles. The van der Waals surface area contributed by atoms with Gasteiger partial charge in [-0.15, -0.1) is 0 Å². The molecule has 10 heteroatoms. The van der Waals surface area contributed by atoms with Crippen LogP contribution in [0.15, 0.2) is 78.9 Å². The van der Waals surface area contributed by atoms with E-state index in [1.807, 2.05) is 54.6 Å². The summed E-state index contributed by atoms with van der Waals surface area (Å²) < 4.78 is 0. The van der Waals surface area contributed by atoms with Crippen LogP contribution >= 0.6 is 11.6 Å². The highest BCUT2D eigenvalue weighted by Crippen LogP contribution is 2.24. The van der Waals surface area contributed by atoms with Gasteiger partial charge in [0.15, 0.2) is 0 Å². The Hall–Kier alpha value is -4.37. The molecule has 5 N–H and O–H groups in total. The van der Waals surface area contributed by atoms with Crippen LogP contribution in [0.2, 0.25) is 5.02 Å². The average molecular weight is 551 g/mol. The van der Waals surface area contributed by atoms with E-state index in [-0.39, 0.29) is 32.0 Å². The molecule has 0 aliphatic carbocycles. The molecule has 3 aromatic rings. The molecule has 204 valence electrons. The number of rotatable bonds is 12. The van der Waals surface area contributed by atoms with Gasteiger partial charge in [-0.2, -0.15) is 0 Å². The molecule has 0 aliphatic rings. The van der Waals surface area contributed by atoms with E-state index in [1.165, 1.54) is 0 Å². The standard InChI is InChI=1S/C29H31ClN4O5/c1-19(23-9-5-6-10-24(23)30)33-29(39)31-16-15-26(35)32-18-27(36)34-25(17-28(37)38)22-13-11-21(12-14-22)20-7-3-2-4-8-20/h2-14,19,25H,15-18H2,1H3,(H,32,35)(H,34,36)(H,37,38)(H2,31,33,39). The van der Waals surface area contributed by atoms with Crippen LogP contribution in [0.25, 0.3) is 11.1 Å². The fourth-order valence-electron chi connectivity index (χ4n) is 3.92. The molecular weight excluding hydrogens is 520 g/mol. The number of aliphatic carboxylic acids is 1. The molecule has 3 aromatic carbocycles. The molecule has 2 unspecified atom stereocenters. The van der Waals surface area contributed by atoms with Gasteiger partial charge >= 0.3 is 12.0 Å². The second kappa shape index (κ2) is 14.5. The minimum Gasteiger partial charge on any atom is -0.481 e. The third-order valence-corrected chi connectivity index (χ3v) is 6.28. The lowest BCUT2D eigenvalue weighted by atomic mass is 9.99. The molecule has 0 saturated heterocycles. The Labute approximate surface area is 232 Å². The van der Waals surface area contributed by atoms with Gasteiger partial charge < -0.3 is 26.4 Å². The smallest absolute Gasteiger partial charge is 0.315 e. The molecular formula is C29H31ClN4O5. The van der Waals surface area contributed by atoms with Crippen molar-refractivity contribution in [2.45, 2.75) is 31.8 Å². The second-order valence-corrected chi connectivity index (χ2v) is 9.28. The van der Waals surface area contributed by atoms with E-state index in [0.717, 1.165) is 16.7 Å². The fraction of sp³-hybridized carbons (Fsp3) is 0.241. The lowest BCUT2D eigenvalue weighted by Crippen LogP contribution is -2.41. The number of nitrogens with one attached hydrogen (secondary N) is 4. The highest BCUT2D eigenvalue weighted by atomic mass is 35.5. The van der Waals surface area contributed by atoms with Gasteiger partial charge in [0.1, 0.15) is 0 Å². The zero-order valence-electron chi connectivity index (χ0n) is 21.4. The van der Waals surface area contributed by atoms with Crippen molar-refractivity contribution < 1.29 is 24.3 Å². The van der Waals surface area contributed by atoms with Crippen molar-refractivity contribution in [1.82, 2.24) is 21.3 Å². The predicted octanol–water partition coefficient (Wildman–Crippen LogP) is 4.21. The van der Waals surface area contributed by atoms with Crippen molar-refractivity contribution in [3.63, 3.8) is 0 Å². The van der Waals surface area contributed by atoms with Crippen molar-refractivity contribution >= 4 is 35.4 Å². The molecule has 9 nitrogen and oxygen atoms in total. The monoisotopic (exact) mass is 550 g/mol.